The summed E-state index contributed by atoms with van der Waals surface area (Å²) in [4.78, 5) is 15.4. The minimum Gasteiger partial charge on any atom is -0.490 e. The molecule has 136 valence electrons. The highest BCUT2D eigenvalue weighted by Gasteiger charge is 2.34. The third-order valence-electron chi connectivity index (χ3n) is 4.68. The zero-order valence-electron chi connectivity index (χ0n) is 15.0. The van der Waals surface area contributed by atoms with E-state index >= 15 is 0 Å². The topological polar surface area (TPSA) is 90.4 Å². The Morgan fingerprint density at radius 1 is 1.35 bits per heavy atom. The molecule has 4 rings (SSSR count). The Morgan fingerprint density at radius 2 is 2.15 bits per heavy atom. The van der Waals surface area contributed by atoms with Gasteiger partial charge in [0, 0.05) is 31.9 Å². The molecule has 0 aliphatic heterocycles. The van der Waals surface area contributed by atoms with Crippen LogP contribution in [0, 0.1) is 6.92 Å². The van der Waals surface area contributed by atoms with Gasteiger partial charge in [-0.3, -0.25) is 4.79 Å². The predicted octanol–water partition coefficient (Wildman–Crippen LogP) is 3.65. The van der Waals surface area contributed by atoms with Crippen molar-refractivity contribution in [2.75, 3.05) is 0 Å². The minimum atomic E-state index is -0.182. The van der Waals surface area contributed by atoms with Gasteiger partial charge in [-0.25, -0.2) is 4.98 Å². The molecule has 0 bridgehead atoms. The number of hydrogen-bond acceptors (Lipinski definition) is 6. The van der Waals surface area contributed by atoms with Gasteiger partial charge in [0.2, 0.25) is 5.91 Å². The highest BCUT2D eigenvalue weighted by atomic mass is 16.5. The molecule has 1 fully saturated rings. The summed E-state index contributed by atoms with van der Waals surface area (Å²) in [5.74, 6) is 2.34. The number of oxazole rings is 1. The summed E-state index contributed by atoms with van der Waals surface area (Å²) >= 11 is 0. The second-order valence-electron chi connectivity index (χ2n) is 6.85. The summed E-state index contributed by atoms with van der Waals surface area (Å²) in [6.07, 6.45) is 1.91. The number of ether oxygens (including phenoxy) is 1. The van der Waals surface area contributed by atoms with Gasteiger partial charge < -0.3 is 19.0 Å². The first-order valence-electron chi connectivity index (χ1n) is 8.75. The number of carbonyl (C=O) groups excluding carboxylic acids is 1. The molecule has 1 aliphatic rings. The van der Waals surface area contributed by atoms with Crippen LogP contribution in [0.25, 0.3) is 11.1 Å². The fourth-order valence-corrected chi connectivity index (χ4v) is 3.27. The van der Waals surface area contributed by atoms with E-state index in [4.69, 9.17) is 13.7 Å². The SMILES string of the molecule is CC(=O)N[C@@H](C)c1cc(C2CC(Oc3ccc4nc(C)oc4c3)C2)no1. The van der Waals surface area contributed by atoms with Gasteiger partial charge in [0.15, 0.2) is 17.2 Å². The van der Waals surface area contributed by atoms with Crippen molar-refractivity contribution in [1.29, 1.82) is 0 Å². The van der Waals surface area contributed by atoms with Crippen LogP contribution in [0.5, 0.6) is 5.75 Å². The molecule has 1 saturated carbocycles. The molecular formula is C19H21N3O4. The molecular weight excluding hydrogens is 334 g/mol. The molecule has 0 radical (unpaired) electrons. The maximum absolute atomic E-state index is 11.1. The van der Waals surface area contributed by atoms with Crippen molar-refractivity contribution in [3.8, 4) is 5.75 Å². The Balaban J connectivity index is 1.34. The lowest BCUT2D eigenvalue weighted by Gasteiger charge is -2.34. The van der Waals surface area contributed by atoms with Crippen LogP contribution in [0.1, 0.15) is 56.0 Å². The summed E-state index contributed by atoms with van der Waals surface area (Å²) in [6, 6.07) is 7.44. The van der Waals surface area contributed by atoms with E-state index in [1.807, 2.05) is 38.1 Å². The van der Waals surface area contributed by atoms with Gasteiger partial charge in [-0.1, -0.05) is 5.16 Å². The van der Waals surface area contributed by atoms with Crippen molar-refractivity contribution >= 4 is 17.0 Å². The van der Waals surface area contributed by atoms with Crippen LogP contribution >= 0.6 is 0 Å². The van der Waals surface area contributed by atoms with Crippen molar-refractivity contribution in [2.45, 2.75) is 51.7 Å². The van der Waals surface area contributed by atoms with Gasteiger partial charge in [0.25, 0.3) is 0 Å². The van der Waals surface area contributed by atoms with Crippen LogP contribution in [0.3, 0.4) is 0 Å². The van der Waals surface area contributed by atoms with E-state index in [0.29, 0.717) is 17.6 Å². The second kappa shape index (κ2) is 6.48. The molecule has 2 heterocycles. The van der Waals surface area contributed by atoms with Crippen molar-refractivity contribution in [3.63, 3.8) is 0 Å². The van der Waals surface area contributed by atoms with Crippen LogP contribution in [0.2, 0.25) is 0 Å². The normalized spacial score (nSPS) is 20.6. The van der Waals surface area contributed by atoms with Gasteiger partial charge in [0.1, 0.15) is 11.3 Å². The molecule has 1 amide bonds. The van der Waals surface area contributed by atoms with Crippen molar-refractivity contribution in [1.82, 2.24) is 15.5 Å². The van der Waals surface area contributed by atoms with E-state index in [-0.39, 0.29) is 18.1 Å². The second-order valence-corrected chi connectivity index (χ2v) is 6.85. The average Bonchev–Trinajstić information content (AvgIpc) is 3.14. The smallest absolute Gasteiger partial charge is 0.217 e. The number of nitrogens with one attached hydrogen (secondary N) is 1. The van der Waals surface area contributed by atoms with E-state index in [9.17, 15) is 4.79 Å². The number of amides is 1. The molecule has 0 saturated heterocycles. The maximum Gasteiger partial charge on any atom is 0.217 e. The average molecular weight is 355 g/mol. The molecule has 1 aliphatic carbocycles. The molecule has 1 N–H and O–H groups in total. The number of aromatic nitrogens is 2. The first-order valence-corrected chi connectivity index (χ1v) is 8.75. The van der Waals surface area contributed by atoms with Gasteiger partial charge in [-0.15, -0.1) is 0 Å². The lowest BCUT2D eigenvalue weighted by atomic mass is 9.80. The first kappa shape index (κ1) is 16.6. The van der Waals surface area contributed by atoms with Crippen LogP contribution < -0.4 is 10.1 Å². The van der Waals surface area contributed by atoms with Crippen LogP contribution in [-0.4, -0.2) is 22.2 Å². The fourth-order valence-electron chi connectivity index (χ4n) is 3.27. The summed E-state index contributed by atoms with van der Waals surface area (Å²) < 4.78 is 16.9. The molecule has 1 atom stereocenters. The van der Waals surface area contributed by atoms with Crippen LogP contribution in [0.15, 0.2) is 33.2 Å². The highest BCUT2D eigenvalue weighted by Crippen LogP contribution is 2.39. The quantitative estimate of drug-likeness (QED) is 0.751. The highest BCUT2D eigenvalue weighted by molar-refractivity contribution is 5.74. The number of carbonyl (C=O) groups is 1. The summed E-state index contributed by atoms with van der Waals surface area (Å²) in [6.45, 7) is 5.19. The van der Waals surface area contributed by atoms with Gasteiger partial charge in [0.05, 0.1) is 17.8 Å². The van der Waals surface area contributed by atoms with Gasteiger partial charge in [-0.2, -0.15) is 0 Å². The molecule has 26 heavy (non-hydrogen) atoms. The zero-order chi connectivity index (χ0) is 18.3. The van der Waals surface area contributed by atoms with Crippen LogP contribution in [-0.2, 0) is 4.79 Å². The Morgan fingerprint density at radius 3 is 2.92 bits per heavy atom. The van der Waals surface area contributed by atoms with Crippen LogP contribution in [0.4, 0.5) is 0 Å². The minimum absolute atomic E-state index is 0.0912. The predicted molar refractivity (Wildman–Crippen MR) is 93.9 cm³/mol. The van der Waals surface area contributed by atoms with E-state index < -0.39 is 0 Å². The van der Waals surface area contributed by atoms with Gasteiger partial charge in [-0.05, 0) is 31.9 Å². The zero-order valence-corrected chi connectivity index (χ0v) is 15.0. The standard InChI is InChI=1S/C19H21N3O4/c1-10(20-11(2)23)18-9-17(22-26-18)13-6-15(7-13)25-14-4-5-16-19(8-14)24-12(3)21-16/h4-5,8-10,13,15H,6-7H2,1-3H3,(H,20,23)/t10-,13?,15?/m0/s1. The number of rotatable bonds is 5. The third-order valence-corrected chi connectivity index (χ3v) is 4.68. The monoisotopic (exact) mass is 355 g/mol. The molecule has 3 aromatic rings. The molecule has 1 aromatic carbocycles. The molecule has 0 unspecified atom stereocenters. The third kappa shape index (κ3) is 3.29. The number of benzene rings is 1. The Bertz CT molecular complexity index is 939. The number of hydrogen-bond donors (Lipinski definition) is 1. The van der Waals surface area contributed by atoms with Gasteiger partial charge >= 0.3 is 0 Å². The summed E-state index contributed by atoms with van der Waals surface area (Å²) in [5, 5.41) is 6.94. The van der Waals surface area contributed by atoms with E-state index in [2.05, 4.69) is 15.5 Å². The lowest BCUT2D eigenvalue weighted by Crippen LogP contribution is -2.32. The fraction of sp³-hybridized carbons (Fsp3) is 0.421. The Labute approximate surface area is 150 Å². The van der Waals surface area contributed by atoms with E-state index in [0.717, 1.165) is 35.4 Å². The molecule has 2 aromatic heterocycles. The largest absolute Gasteiger partial charge is 0.490 e. The summed E-state index contributed by atoms with van der Waals surface area (Å²) in [5.41, 5.74) is 2.49. The Hall–Kier alpha value is -2.83. The Kier molecular flexibility index (Phi) is 4.14. The van der Waals surface area contributed by atoms with Crippen molar-refractivity contribution in [3.05, 3.63) is 41.6 Å². The molecule has 7 nitrogen and oxygen atoms in total. The number of fused-ring (bicyclic) bond motifs is 1. The van der Waals surface area contributed by atoms with E-state index in [1.165, 1.54) is 6.92 Å². The van der Waals surface area contributed by atoms with Crippen molar-refractivity contribution < 1.29 is 18.5 Å². The number of aryl methyl sites for hydroxylation is 1. The summed E-state index contributed by atoms with van der Waals surface area (Å²) in [7, 11) is 0. The maximum atomic E-state index is 11.1. The lowest BCUT2D eigenvalue weighted by molar-refractivity contribution is -0.119. The van der Waals surface area contributed by atoms with E-state index in [1.54, 1.807) is 0 Å². The molecule has 7 heteroatoms. The first-order chi connectivity index (χ1) is 12.5. The molecule has 0 spiro atoms. The number of nitrogens with zero attached hydrogens (tertiary/aromatic N) is 2. The van der Waals surface area contributed by atoms with Crippen molar-refractivity contribution in [2.24, 2.45) is 0 Å².